The van der Waals surface area contributed by atoms with Crippen molar-refractivity contribution in [1.82, 2.24) is 9.97 Å². The summed E-state index contributed by atoms with van der Waals surface area (Å²) in [5, 5.41) is 23.9. The highest BCUT2D eigenvalue weighted by Crippen LogP contribution is 2.34. The summed E-state index contributed by atoms with van der Waals surface area (Å²) in [5.41, 5.74) is 1.12. The van der Waals surface area contributed by atoms with Crippen molar-refractivity contribution in [1.29, 1.82) is 0 Å². The second kappa shape index (κ2) is 8.07. The van der Waals surface area contributed by atoms with Gasteiger partial charge in [0.1, 0.15) is 12.1 Å². The maximum absolute atomic E-state index is 11.4. The van der Waals surface area contributed by atoms with Crippen molar-refractivity contribution < 1.29 is 14.8 Å². The monoisotopic (exact) mass is 418 g/mol. The van der Waals surface area contributed by atoms with Crippen molar-refractivity contribution in [3.8, 4) is 5.75 Å². The number of nitro benzene ring substituents is 1. The molecule has 1 heterocycles. The van der Waals surface area contributed by atoms with E-state index >= 15 is 0 Å². The SMILES string of the molecule is O=[N+]([O-])c1cc2c(Nc3cccc(Br)c3)ncnc2cc1OCCCO. The van der Waals surface area contributed by atoms with E-state index in [9.17, 15) is 10.1 Å². The summed E-state index contributed by atoms with van der Waals surface area (Å²) < 4.78 is 6.33. The minimum absolute atomic E-state index is 0.0513. The van der Waals surface area contributed by atoms with E-state index in [0.29, 0.717) is 23.1 Å². The van der Waals surface area contributed by atoms with Crippen LogP contribution < -0.4 is 10.1 Å². The molecule has 0 aliphatic carbocycles. The summed E-state index contributed by atoms with van der Waals surface area (Å²) in [4.78, 5) is 19.3. The van der Waals surface area contributed by atoms with E-state index < -0.39 is 4.92 Å². The van der Waals surface area contributed by atoms with E-state index in [1.54, 1.807) is 0 Å². The lowest BCUT2D eigenvalue weighted by molar-refractivity contribution is -0.385. The van der Waals surface area contributed by atoms with E-state index in [1.165, 1.54) is 18.5 Å². The van der Waals surface area contributed by atoms with Crippen LogP contribution in [0.15, 0.2) is 47.2 Å². The maximum atomic E-state index is 11.4. The minimum atomic E-state index is -0.510. The molecule has 8 nitrogen and oxygen atoms in total. The summed E-state index contributed by atoms with van der Waals surface area (Å²) >= 11 is 3.40. The zero-order valence-corrected chi connectivity index (χ0v) is 15.1. The van der Waals surface area contributed by atoms with Crippen LogP contribution in [0.4, 0.5) is 17.2 Å². The lowest BCUT2D eigenvalue weighted by Crippen LogP contribution is -2.03. The van der Waals surface area contributed by atoms with Gasteiger partial charge in [-0.15, -0.1) is 0 Å². The Morgan fingerprint density at radius 3 is 2.85 bits per heavy atom. The van der Waals surface area contributed by atoms with Gasteiger partial charge in [0.15, 0.2) is 5.75 Å². The van der Waals surface area contributed by atoms with Gasteiger partial charge in [0.2, 0.25) is 0 Å². The molecular weight excluding hydrogens is 404 g/mol. The predicted molar refractivity (Wildman–Crippen MR) is 101 cm³/mol. The molecule has 0 atom stereocenters. The molecule has 3 aromatic rings. The van der Waals surface area contributed by atoms with Gasteiger partial charge < -0.3 is 15.2 Å². The van der Waals surface area contributed by atoms with Crippen molar-refractivity contribution in [3.05, 3.63) is 57.3 Å². The minimum Gasteiger partial charge on any atom is -0.487 e. The number of benzene rings is 2. The van der Waals surface area contributed by atoms with E-state index in [1.807, 2.05) is 24.3 Å². The Bertz CT molecular complexity index is 951. The van der Waals surface area contributed by atoms with Gasteiger partial charge in [-0.25, -0.2) is 9.97 Å². The topological polar surface area (TPSA) is 110 Å². The normalized spacial score (nSPS) is 10.7. The van der Waals surface area contributed by atoms with Crippen molar-refractivity contribution >= 4 is 44.0 Å². The molecule has 2 aromatic carbocycles. The molecule has 26 heavy (non-hydrogen) atoms. The van der Waals surface area contributed by atoms with Gasteiger partial charge in [-0.2, -0.15) is 0 Å². The number of aliphatic hydroxyl groups is 1. The van der Waals surface area contributed by atoms with Gasteiger partial charge in [0, 0.05) is 35.3 Å². The number of anilines is 2. The standard InChI is InChI=1S/C17H15BrN4O4/c18-11-3-1-4-12(7-11)21-17-13-8-15(22(24)25)16(26-6-2-5-23)9-14(13)19-10-20-17/h1,3-4,7-10,23H,2,5-6H2,(H,19,20,21). The highest BCUT2D eigenvalue weighted by molar-refractivity contribution is 9.10. The first kappa shape index (κ1) is 18.0. The van der Waals surface area contributed by atoms with Crippen LogP contribution in [-0.2, 0) is 0 Å². The first-order chi connectivity index (χ1) is 12.6. The van der Waals surface area contributed by atoms with Gasteiger partial charge in [-0.05, 0) is 18.2 Å². The Morgan fingerprint density at radius 1 is 1.27 bits per heavy atom. The molecule has 0 bridgehead atoms. The Hall–Kier alpha value is -2.78. The smallest absolute Gasteiger partial charge is 0.311 e. The number of nitrogens with zero attached hydrogens (tertiary/aromatic N) is 3. The summed E-state index contributed by atoms with van der Waals surface area (Å²) in [6.45, 7) is 0.126. The molecule has 0 unspecified atom stereocenters. The number of nitrogens with one attached hydrogen (secondary N) is 1. The number of nitro groups is 1. The first-order valence-electron chi connectivity index (χ1n) is 7.78. The molecule has 0 amide bonds. The zero-order chi connectivity index (χ0) is 18.5. The Balaban J connectivity index is 2.03. The van der Waals surface area contributed by atoms with Crippen LogP contribution in [0, 0.1) is 10.1 Å². The number of hydrogen-bond acceptors (Lipinski definition) is 7. The maximum Gasteiger partial charge on any atom is 0.311 e. The van der Waals surface area contributed by atoms with Crippen LogP contribution in [0.25, 0.3) is 10.9 Å². The Labute approximate surface area is 157 Å². The first-order valence-corrected chi connectivity index (χ1v) is 8.57. The molecule has 1 aromatic heterocycles. The van der Waals surface area contributed by atoms with E-state index in [-0.39, 0.29) is 24.7 Å². The van der Waals surface area contributed by atoms with Crippen LogP contribution in [-0.4, -0.2) is 33.2 Å². The molecule has 2 N–H and O–H groups in total. The van der Waals surface area contributed by atoms with E-state index in [4.69, 9.17) is 9.84 Å². The molecule has 0 aliphatic rings. The number of rotatable bonds is 7. The second-order valence-corrected chi connectivity index (χ2v) is 6.29. The fraction of sp³-hybridized carbons (Fsp3) is 0.176. The number of hydrogen-bond donors (Lipinski definition) is 2. The third-order valence-corrected chi connectivity index (χ3v) is 4.05. The molecule has 9 heteroatoms. The number of fused-ring (bicyclic) bond motifs is 1. The van der Waals surface area contributed by atoms with Crippen LogP contribution in [0.3, 0.4) is 0 Å². The predicted octanol–water partition coefficient (Wildman–Crippen LogP) is 3.81. The Kier molecular flexibility index (Phi) is 5.59. The van der Waals surface area contributed by atoms with Crippen LogP contribution in [0.1, 0.15) is 6.42 Å². The molecule has 0 aliphatic heterocycles. The third-order valence-electron chi connectivity index (χ3n) is 3.56. The fourth-order valence-electron chi connectivity index (χ4n) is 2.38. The van der Waals surface area contributed by atoms with Crippen LogP contribution in [0.5, 0.6) is 5.75 Å². The largest absolute Gasteiger partial charge is 0.487 e. The number of ether oxygens (including phenoxy) is 1. The lowest BCUT2D eigenvalue weighted by atomic mass is 10.2. The van der Waals surface area contributed by atoms with Crippen molar-refractivity contribution in [2.75, 3.05) is 18.5 Å². The third kappa shape index (κ3) is 4.06. The van der Waals surface area contributed by atoms with Crippen LogP contribution in [0.2, 0.25) is 0 Å². The highest BCUT2D eigenvalue weighted by atomic mass is 79.9. The van der Waals surface area contributed by atoms with Gasteiger partial charge in [-0.1, -0.05) is 22.0 Å². The van der Waals surface area contributed by atoms with Crippen molar-refractivity contribution in [2.24, 2.45) is 0 Å². The zero-order valence-electron chi connectivity index (χ0n) is 13.6. The van der Waals surface area contributed by atoms with Gasteiger partial charge in [-0.3, -0.25) is 10.1 Å². The van der Waals surface area contributed by atoms with E-state index in [2.05, 4.69) is 31.2 Å². The molecule has 0 saturated heterocycles. The van der Waals surface area contributed by atoms with Crippen molar-refractivity contribution in [3.63, 3.8) is 0 Å². The highest BCUT2D eigenvalue weighted by Gasteiger charge is 2.19. The summed E-state index contributed by atoms with van der Waals surface area (Å²) in [6.07, 6.45) is 1.76. The number of aliphatic hydroxyl groups excluding tert-OH is 1. The average Bonchev–Trinajstić information content (AvgIpc) is 2.61. The van der Waals surface area contributed by atoms with E-state index in [0.717, 1.165) is 10.2 Å². The molecule has 0 spiro atoms. The van der Waals surface area contributed by atoms with Gasteiger partial charge in [0.25, 0.3) is 0 Å². The molecule has 3 rings (SSSR count). The number of halogens is 1. The lowest BCUT2D eigenvalue weighted by Gasteiger charge is -2.11. The van der Waals surface area contributed by atoms with Gasteiger partial charge in [0.05, 0.1) is 22.4 Å². The average molecular weight is 419 g/mol. The van der Waals surface area contributed by atoms with Gasteiger partial charge >= 0.3 is 5.69 Å². The summed E-state index contributed by atoms with van der Waals surface area (Å²) in [5.74, 6) is 0.571. The fourth-order valence-corrected chi connectivity index (χ4v) is 2.78. The van der Waals surface area contributed by atoms with Crippen LogP contribution >= 0.6 is 15.9 Å². The molecule has 134 valence electrons. The quantitative estimate of drug-likeness (QED) is 0.340. The second-order valence-electron chi connectivity index (χ2n) is 5.38. The summed E-state index contributed by atoms with van der Waals surface area (Å²) in [7, 11) is 0. The molecular formula is C17H15BrN4O4. The Morgan fingerprint density at radius 2 is 2.12 bits per heavy atom. The van der Waals surface area contributed by atoms with Crippen molar-refractivity contribution in [2.45, 2.75) is 6.42 Å². The molecule has 0 fully saturated rings. The molecule has 0 radical (unpaired) electrons. The number of aromatic nitrogens is 2. The molecule has 0 saturated carbocycles. The summed E-state index contributed by atoms with van der Waals surface area (Å²) in [6, 6.07) is 10.4.